The number of hydrogen-bond acceptors (Lipinski definition) is 4. The lowest BCUT2D eigenvalue weighted by molar-refractivity contribution is -0.148. The van der Waals surface area contributed by atoms with Gasteiger partial charge >= 0.3 is 12.1 Å². The molecule has 0 saturated heterocycles. The number of nitrogens with one attached hydrogen (secondary N) is 1. The second kappa shape index (κ2) is 9.07. The predicted molar refractivity (Wildman–Crippen MR) is 90.9 cm³/mol. The topological polar surface area (TPSA) is 64.6 Å². The van der Waals surface area contributed by atoms with E-state index in [4.69, 9.17) is 9.47 Å². The van der Waals surface area contributed by atoms with Crippen molar-refractivity contribution in [3.05, 3.63) is 65.2 Å². The van der Waals surface area contributed by atoms with Crippen LogP contribution in [0, 0.1) is 0 Å². The van der Waals surface area contributed by atoms with Gasteiger partial charge < -0.3 is 14.8 Å². The van der Waals surface area contributed by atoms with E-state index in [1.165, 1.54) is 12.1 Å². The van der Waals surface area contributed by atoms with Gasteiger partial charge in [-0.2, -0.15) is 13.2 Å². The molecule has 5 nitrogen and oxygen atoms in total. The molecular formula is C19H18F3NO4. The number of carbonyl (C=O) groups excluding carboxylic acids is 2. The maximum atomic E-state index is 12.7. The molecule has 0 unspecified atom stereocenters. The van der Waals surface area contributed by atoms with Gasteiger partial charge in [-0.15, -0.1) is 0 Å². The van der Waals surface area contributed by atoms with Crippen LogP contribution in [0.1, 0.15) is 16.7 Å². The maximum absolute atomic E-state index is 12.7. The number of rotatable bonds is 7. The van der Waals surface area contributed by atoms with Gasteiger partial charge in [0.05, 0.1) is 19.1 Å². The number of alkyl halides is 3. The molecular weight excluding hydrogens is 363 g/mol. The third-order valence-electron chi connectivity index (χ3n) is 3.62. The van der Waals surface area contributed by atoms with E-state index >= 15 is 0 Å². The van der Waals surface area contributed by atoms with Gasteiger partial charge in [0.25, 0.3) is 5.91 Å². The SMILES string of the molecule is COc1ccc(CNC(=O)COC(=O)Cc2cccc(C(F)(F)F)c2)cc1. The Balaban J connectivity index is 1.77. The van der Waals surface area contributed by atoms with E-state index in [0.29, 0.717) is 5.75 Å². The Hall–Kier alpha value is -3.03. The Labute approximate surface area is 154 Å². The van der Waals surface area contributed by atoms with Crippen molar-refractivity contribution in [3.8, 4) is 5.75 Å². The number of hydrogen-bond donors (Lipinski definition) is 1. The first-order valence-corrected chi connectivity index (χ1v) is 7.99. The molecule has 0 aliphatic heterocycles. The van der Waals surface area contributed by atoms with Crippen LogP contribution >= 0.6 is 0 Å². The molecule has 2 aromatic rings. The second-order valence-corrected chi connectivity index (χ2v) is 5.66. The van der Waals surface area contributed by atoms with Crippen LogP contribution in [0.2, 0.25) is 0 Å². The van der Waals surface area contributed by atoms with E-state index in [9.17, 15) is 22.8 Å². The van der Waals surface area contributed by atoms with Crippen LogP contribution < -0.4 is 10.1 Å². The van der Waals surface area contributed by atoms with Crippen molar-refractivity contribution >= 4 is 11.9 Å². The Morgan fingerprint density at radius 1 is 1.04 bits per heavy atom. The minimum absolute atomic E-state index is 0.161. The number of carbonyl (C=O) groups is 2. The summed E-state index contributed by atoms with van der Waals surface area (Å²) >= 11 is 0. The van der Waals surface area contributed by atoms with E-state index in [-0.39, 0.29) is 18.5 Å². The highest BCUT2D eigenvalue weighted by molar-refractivity contribution is 5.81. The molecule has 0 bridgehead atoms. The third kappa shape index (κ3) is 6.65. The van der Waals surface area contributed by atoms with E-state index in [1.807, 2.05) is 0 Å². The summed E-state index contributed by atoms with van der Waals surface area (Å²) in [6, 6.07) is 11.4. The molecule has 0 saturated carbocycles. The first-order chi connectivity index (χ1) is 12.8. The highest BCUT2D eigenvalue weighted by Gasteiger charge is 2.30. The molecule has 0 aliphatic carbocycles. The predicted octanol–water partition coefficient (Wildman–Crippen LogP) is 3.12. The van der Waals surface area contributed by atoms with Crippen LogP contribution in [0.15, 0.2) is 48.5 Å². The second-order valence-electron chi connectivity index (χ2n) is 5.66. The van der Waals surface area contributed by atoms with Crippen LogP contribution in [-0.4, -0.2) is 25.6 Å². The minimum Gasteiger partial charge on any atom is -0.497 e. The molecule has 2 aromatic carbocycles. The lowest BCUT2D eigenvalue weighted by Crippen LogP contribution is -2.28. The summed E-state index contributed by atoms with van der Waals surface area (Å²) in [5.74, 6) is -0.606. The number of benzene rings is 2. The lowest BCUT2D eigenvalue weighted by atomic mass is 10.1. The molecule has 0 fully saturated rings. The standard InChI is InChI=1S/C19H18F3NO4/c1-26-16-7-5-13(6-8-16)11-23-17(24)12-27-18(25)10-14-3-2-4-15(9-14)19(20,21)22/h2-9H,10-12H2,1H3,(H,23,24). The van der Waals surface area contributed by atoms with Crippen molar-refractivity contribution in [2.24, 2.45) is 0 Å². The van der Waals surface area contributed by atoms with Crippen molar-refractivity contribution in [1.82, 2.24) is 5.32 Å². The highest BCUT2D eigenvalue weighted by atomic mass is 19.4. The zero-order valence-corrected chi connectivity index (χ0v) is 14.5. The Morgan fingerprint density at radius 2 is 1.74 bits per heavy atom. The van der Waals surface area contributed by atoms with Crippen molar-refractivity contribution in [2.45, 2.75) is 19.1 Å². The Morgan fingerprint density at radius 3 is 2.37 bits per heavy atom. The van der Waals surface area contributed by atoms with E-state index in [0.717, 1.165) is 17.7 Å². The Bertz CT molecular complexity index is 788. The fourth-order valence-corrected chi connectivity index (χ4v) is 2.22. The number of halogens is 3. The van der Waals surface area contributed by atoms with Gasteiger partial charge in [-0.1, -0.05) is 30.3 Å². The third-order valence-corrected chi connectivity index (χ3v) is 3.62. The van der Waals surface area contributed by atoms with Gasteiger partial charge in [-0.3, -0.25) is 9.59 Å². The molecule has 2 rings (SSSR count). The number of methoxy groups -OCH3 is 1. The molecule has 0 spiro atoms. The smallest absolute Gasteiger partial charge is 0.416 e. The van der Waals surface area contributed by atoms with Crippen LogP contribution in [0.3, 0.4) is 0 Å². The number of ether oxygens (including phenoxy) is 2. The molecule has 27 heavy (non-hydrogen) atoms. The molecule has 0 heterocycles. The summed E-state index contributed by atoms with van der Waals surface area (Å²) < 4.78 is 47.8. The molecule has 144 valence electrons. The fourth-order valence-electron chi connectivity index (χ4n) is 2.22. The van der Waals surface area contributed by atoms with Crippen LogP contribution in [-0.2, 0) is 33.5 Å². The molecule has 1 N–H and O–H groups in total. The van der Waals surface area contributed by atoms with Crippen LogP contribution in [0.25, 0.3) is 0 Å². The summed E-state index contributed by atoms with van der Waals surface area (Å²) in [7, 11) is 1.55. The minimum atomic E-state index is -4.48. The fraction of sp³-hybridized carbons (Fsp3) is 0.263. The molecule has 0 aliphatic rings. The molecule has 0 atom stereocenters. The summed E-state index contributed by atoms with van der Waals surface area (Å²) in [4.78, 5) is 23.4. The van der Waals surface area contributed by atoms with Gasteiger partial charge in [0.15, 0.2) is 6.61 Å². The monoisotopic (exact) mass is 381 g/mol. The largest absolute Gasteiger partial charge is 0.497 e. The van der Waals surface area contributed by atoms with Crippen molar-refractivity contribution in [2.75, 3.05) is 13.7 Å². The first-order valence-electron chi connectivity index (χ1n) is 7.99. The average molecular weight is 381 g/mol. The highest BCUT2D eigenvalue weighted by Crippen LogP contribution is 2.29. The number of esters is 1. The van der Waals surface area contributed by atoms with Gasteiger partial charge in [0.2, 0.25) is 0 Å². The van der Waals surface area contributed by atoms with Crippen molar-refractivity contribution < 1.29 is 32.2 Å². The molecule has 0 aromatic heterocycles. The van der Waals surface area contributed by atoms with Crippen molar-refractivity contribution in [1.29, 1.82) is 0 Å². The van der Waals surface area contributed by atoms with Gasteiger partial charge in [-0.25, -0.2) is 0 Å². The molecule has 8 heteroatoms. The van der Waals surface area contributed by atoms with Crippen LogP contribution in [0.5, 0.6) is 5.75 Å². The van der Waals surface area contributed by atoms with Crippen molar-refractivity contribution in [3.63, 3.8) is 0 Å². The summed E-state index contributed by atoms with van der Waals surface area (Å²) in [6.45, 7) is -0.262. The quantitative estimate of drug-likeness (QED) is 0.749. The van der Waals surface area contributed by atoms with E-state index < -0.39 is 30.2 Å². The summed E-state index contributed by atoms with van der Waals surface area (Å²) in [5.41, 5.74) is 0.151. The average Bonchev–Trinajstić information content (AvgIpc) is 2.64. The molecule has 0 radical (unpaired) electrons. The van der Waals surface area contributed by atoms with Gasteiger partial charge in [0, 0.05) is 6.54 Å². The first kappa shape index (κ1) is 20.3. The zero-order chi connectivity index (χ0) is 19.9. The Kier molecular flexibility index (Phi) is 6.81. The van der Waals surface area contributed by atoms with Gasteiger partial charge in [-0.05, 0) is 29.3 Å². The van der Waals surface area contributed by atoms with Gasteiger partial charge in [0.1, 0.15) is 5.75 Å². The zero-order valence-electron chi connectivity index (χ0n) is 14.5. The van der Waals surface area contributed by atoms with E-state index in [2.05, 4.69) is 5.32 Å². The maximum Gasteiger partial charge on any atom is 0.416 e. The van der Waals surface area contributed by atoms with Crippen LogP contribution in [0.4, 0.5) is 13.2 Å². The lowest BCUT2D eigenvalue weighted by Gasteiger charge is -2.09. The van der Waals surface area contributed by atoms with E-state index in [1.54, 1.807) is 31.4 Å². The number of amides is 1. The summed E-state index contributed by atoms with van der Waals surface area (Å²) in [5, 5.41) is 2.58. The molecule has 1 amide bonds. The summed E-state index contributed by atoms with van der Waals surface area (Å²) in [6.07, 6.45) is -4.84. The normalized spacial score (nSPS) is 11.0.